The second kappa shape index (κ2) is 8.57. The maximum Gasteiger partial charge on any atom is 0.274 e. The van der Waals surface area contributed by atoms with Crippen LogP contribution in [0.5, 0.6) is 5.75 Å². The Morgan fingerprint density at radius 2 is 1.54 bits per heavy atom. The largest absolute Gasteiger partial charge is 0.456 e. The van der Waals surface area contributed by atoms with Crippen molar-refractivity contribution in [3.05, 3.63) is 146 Å². The Morgan fingerprint density at radius 1 is 0.838 bits per heavy atom. The van der Waals surface area contributed by atoms with Crippen molar-refractivity contribution in [2.75, 3.05) is 0 Å². The Bertz CT molecular complexity index is 1950. The summed E-state index contributed by atoms with van der Waals surface area (Å²) in [6.07, 6.45) is 2.02. The van der Waals surface area contributed by atoms with Gasteiger partial charge in [-0.3, -0.25) is 4.79 Å². The maximum atomic E-state index is 13.7. The van der Waals surface area contributed by atoms with E-state index in [9.17, 15) is 4.79 Å². The van der Waals surface area contributed by atoms with Crippen LogP contribution in [0.2, 0.25) is 0 Å². The van der Waals surface area contributed by atoms with Crippen LogP contribution in [0.4, 0.5) is 0 Å². The van der Waals surface area contributed by atoms with Crippen LogP contribution in [0.15, 0.2) is 113 Å². The standard InChI is InChI=1S/C32H22N2O2S/c1-20-11-5-6-14-22(20)29-23-15-7-10-18-27(23)36-30(21-12-3-2-4-13-21)24(29)19-28-31(35)34-26-17-9-8-16-25(26)33-32(34)37-28/h2-19,29H,1H3/b28-19-/t29-/m1/s1. The molecule has 1 atom stereocenters. The molecular weight excluding hydrogens is 476 g/mol. The summed E-state index contributed by atoms with van der Waals surface area (Å²) in [6, 6.07) is 34.5. The van der Waals surface area contributed by atoms with E-state index in [-0.39, 0.29) is 11.5 Å². The van der Waals surface area contributed by atoms with Crippen LogP contribution >= 0.6 is 11.3 Å². The Kier molecular flexibility index (Phi) is 5.05. The SMILES string of the molecule is Cc1ccccc1[C@H]1C(/C=c2\sc3nc4ccccc4n3c2=O)=C(c2ccccc2)Oc2ccccc21. The first-order valence-corrected chi connectivity index (χ1v) is 13.0. The van der Waals surface area contributed by atoms with Crippen molar-refractivity contribution in [3.8, 4) is 5.75 Å². The predicted octanol–water partition coefficient (Wildman–Crippen LogP) is 6.35. The second-order valence-electron chi connectivity index (χ2n) is 9.21. The Balaban J connectivity index is 1.56. The molecule has 0 bridgehead atoms. The number of thiazole rings is 1. The molecule has 4 nitrogen and oxygen atoms in total. The third kappa shape index (κ3) is 3.51. The van der Waals surface area contributed by atoms with Gasteiger partial charge in [0.1, 0.15) is 11.5 Å². The fraction of sp³-hybridized carbons (Fsp3) is 0.0625. The Morgan fingerprint density at radius 3 is 2.38 bits per heavy atom. The summed E-state index contributed by atoms with van der Waals surface area (Å²) in [6.45, 7) is 2.14. The van der Waals surface area contributed by atoms with Gasteiger partial charge in [0.2, 0.25) is 0 Å². The lowest BCUT2D eigenvalue weighted by Gasteiger charge is -2.31. The molecule has 7 rings (SSSR count). The van der Waals surface area contributed by atoms with Crippen molar-refractivity contribution in [2.45, 2.75) is 12.8 Å². The number of rotatable bonds is 3. The second-order valence-corrected chi connectivity index (χ2v) is 10.2. The van der Waals surface area contributed by atoms with Gasteiger partial charge in [0.15, 0.2) is 4.96 Å². The molecule has 0 N–H and O–H groups in total. The van der Waals surface area contributed by atoms with Gasteiger partial charge >= 0.3 is 0 Å². The van der Waals surface area contributed by atoms with E-state index < -0.39 is 0 Å². The monoisotopic (exact) mass is 498 g/mol. The number of fused-ring (bicyclic) bond motifs is 4. The lowest BCUT2D eigenvalue weighted by molar-refractivity contribution is 0.488. The molecule has 0 saturated carbocycles. The maximum absolute atomic E-state index is 13.7. The van der Waals surface area contributed by atoms with E-state index in [2.05, 4.69) is 49.4 Å². The number of hydrogen-bond acceptors (Lipinski definition) is 4. The van der Waals surface area contributed by atoms with Crippen molar-refractivity contribution in [1.82, 2.24) is 9.38 Å². The summed E-state index contributed by atoms with van der Waals surface area (Å²) in [5.41, 5.74) is 7.00. The van der Waals surface area contributed by atoms with Gasteiger partial charge in [-0.25, -0.2) is 9.38 Å². The number of aromatic nitrogens is 2. The molecule has 37 heavy (non-hydrogen) atoms. The average molecular weight is 499 g/mol. The normalized spacial score (nSPS) is 15.8. The highest BCUT2D eigenvalue weighted by molar-refractivity contribution is 7.15. The van der Waals surface area contributed by atoms with Gasteiger partial charge in [0, 0.05) is 22.6 Å². The average Bonchev–Trinajstić information content (AvgIpc) is 3.45. The summed E-state index contributed by atoms with van der Waals surface area (Å²) in [5.74, 6) is 1.51. The zero-order chi connectivity index (χ0) is 24.9. The topological polar surface area (TPSA) is 43.6 Å². The zero-order valence-electron chi connectivity index (χ0n) is 20.1. The van der Waals surface area contributed by atoms with Crippen LogP contribution in [0, 0.1) is 6.92 Å². The number of aryl methyl sites for hydroxylation is 1. The minimum Gasteiger partial charge on any atom is -0.456 e. The van der Waals surface area contributed by atoms with Crippen molar-refractivity contribution >= 4 is 39.2 Å². The number of benzene rings is 4. The molecule has 2 aromatic heterocycles. The number of ether oxygens (including phenoxy) is 1. The number of allylic oxidation sites excluding steroid dienone is 1. The highest BCUT2D eigenvalue weighted by atomic mass is 32.1. The van der Waals surface area contributed by atoms with Crippen LogP contribution in [0.3, 0.4) is 0 Å². The molecule has 3 heterocycles. The lowest BCUT2D eigenvalue weighted by atomic mass is 9.79. The molecule has 6 aromatic rings. The third-order valence-corrected chi connectivity index (χ3v) is 7.95. The first-order valence-electron chi connectivity index (χ1n) is 12.2. The molecule has 0 unspecified atom stereocenters. The Labute approximate surface area is 217 Å². The Hall–Kier alpha value is -4.48. The molecule has 0 amide bonds. The minimum absolute atomic E-state index is 0.0593. The first-order chi connectivity index (χ1) is 18.2. The molecule has 0 fully saturated rings. The quantitative estimate of drug-likeness (QED) is 0.285. The molecule has 1 aliphatic heterocycles. The van der Waals surface area contributed by atoms with Crippen LogP contribution in [-0.2, 0) is 0 Å². The van der Waals surface area contributed by atoms with E-state index >= 15 is 0 Å². The molecule has 178 valence electrons. The lowest BCUT2D eigenvalue weighted by Crippen LogP contribution is -2.25. The smallest absolute Gasteiger partial charge is 0.274 e. The molecule has 0 radical (unpaired) electrons. The van der Waals surface area contributed by atoms with E-state index in [0.29, 0.717) is 9.49 Å². The van der Waals surface area contributed by atoms with E-state index in [1.54, 1.807) is 4.40 Å². The number of hydrogen-bond donors (Lipinski definition) is 0. The third-order valence-electron chi connectivity index (χ3n) is 6.98. The van der Waals surface area contributed by atoms with Gasteiger partial charge in [0.25, 0.3) is 5.56 Å². The molecule has 0 saturated heterocycles. The van der Waals surface area contributed by atoms with Gasteiger partial charge in [-0.2, -0.15) is 0 Å². The van der Waals surface area contributed by atoms with Crippen molar-refractivity contribution in [3.63, 3.8) is 0 Å². The van der Waals surface area contributed by atoms with Crippen molar-refractivity contribution in [1.29, 1.82) is 0 Å². The van der Waals surface area contributed by atoms with Crippen LogP contribution in [-0.4, -0.2) is 9.38 Å². The molecule has 4 aromatic carbocycles. The number of para-hydroxylation sites is 3. The van der Waals surface area contributed by atoms with E-state index in [1.165, 1.54) is 22.5 Å². The van der Waals surface area contributed by atoms with Crippen LogP contribution < -0.4 is 14.8 Å². The highest BCUT2D eigenvalue weighted by Crippen LogP contribution is 2.47. The summed E-state index contributed by atoms with van der Waals surface area (Å²) in [4.78, 5) is 19.1. The van der Waals surface area contributed by atoms with Gasteiger partial charge in [-0.05, 0) is 42.3 Å². The fourth-order valence-electron chi connectivity index (χ4n) is 5.24. The van der Waals surface area contributed by atoms with E-state index in [0.717, 1.165) is 39.2 Å². The first kappa shape index (κ1) is 21.8. The van der Waals surface area contributed by atoms with Crippen molar-refractivity contribution < 1.29 is 4.74 Å². The molecule has 5 heteroatoms. The van der Waals surface area contributed by atoms with Gasteiger partial charge in [-0.1, -0.05) is 96.3 Å². The van der Waals surface area contributed by atoms with Crippen molar-refractivity contribution in [2.24, 2.45) is 0 Å². The molecule has 0 aliphatic carbocycles. The molecule has 0 spiro atoms. The summed E-state index contributed by atoms with van der Waals surface area (Å²) >= 11 is 1.42. The van der Waals surface area contributed by atoms with Gasteiger partial charge in [0.05, 0.1) is 15.6 Å². The zero-order valence-corrected chi connectivity index (χ0v) is 20.9. The van der Waals surface area contributed by atoms with E-state index in [4.69, 9.17) is 9.72 Å². The van der Waals surface area contributed by atoms with Crippen LogP contribution in [0.1, 0.15) is 28.2 Å². The number of imidazole rings is 1. The highest BCUT2D eigenvalue weighted by Gasteiger charge is 2.31. The van der Waals surface area contributed by atoms with Gasteiger partial charge in [-0.15, -0.1) is 0 Å². The predicted molar refractivity (Wildman–Crippen MR) is 150 cm³/mol. The fourth-order valence-corrected chi connectivity index (χ4v) is 6.22. The molecular formula is C32H22N2O2S. The summed E-state index contributed by atoms with van der Waals surface area (Å²) in [7, 11) is 0. The number of nitrogens with zero attached hydrogens (tertiary/aromatic N) is 2. The van der Waals surface area contributed by atoms with Gasteiger partial charge < -0.3 is 4.74 Å². The molecule has 1 aliphatic rings. The van der Waals surface area contributed by atoms with Crippen LogP contribution in [0.25, 0.3) is 27.8 Å². The summed E-state index contributed by atoms with van der Waals surface area (Å²) < 4.78 is 8.94. The summed E-state index contributed by atoms with van der Waals surface area (Å²) in [5, 5.41) is 0. The minimum atomic E-state index is -0.0908. The van der Waals surface area contributed by atoms with E-state index in [1.807, 2.05) is 66.7 Å².